The largest absolute Gasteiger partial charge is 0.277 e. The molecule has 0 bridgehead atoms. The lowest BCUT2D eigenvalue weighted by atomic mass is 10.1. The standard InChI is InChI=1S/C10H11NO2/c1-8(10(12)11-13-2)9-6-4-3-5-7-9/h3-7H,1H2,2H3,(H,11,12). The maximum absolute atomic E-state index is 11.2. The minimum absolute atomic E-state index is 0.325. The highest BCUT2D eigenvalue weighted by Crippen LogP contribution is 2.10. The molecule has 3 nitrogen and oxygen atoms in total. The monoisotopic (exact) mass is 177 g/mol. The maximum atomic E-state index is 11.2. The van der Waals surface area contributed by atoms with E-state index >= 15 is 0 Å². The van der Waals surface area contributed by atoms with Crippen molar-refractivity contribution in [1.29, 1.82) is 0 Å². The molecule has 0 heterocycles. The second-order valence-corrected chi connectivity index (χ2v) is 2.48. The van der Waals surface area contributed by atoms with E-state index in [1.165, 1.54) is 7.11 Å². The molecule has 0 radical (unpaired) electrons. The van der Waals surface area contributed by atoms with Gasteiger partial charge in [-0.25, -0.2) is 5.48 Å². The minimum Gasteiger partial charge on any atom is -0.277 e. The predicted octanol–water partition coefficient (Wildman–Crippen LogP) is 1.38. The Labute approximate surface area is 77.0 Å². The van der Waals surface area contributed by atoms with Crippen molar-refractivity contribution in [2.24, 2.45) is 0 Å². The molecule has 68 valence electrons. The van der Waals surface area contributed by atoms with Crippen LogP contribution in [0, 0.1) is 0 Å². The highest BCUT2D eigenvalue weighted by molar-refractivity contribution is 6.18. The number of carbonyl (C=O) groups is 1. The van der Waals surface area contributed by atoms with Crippen LogP contribution in [0.2, 0.25) is 0 Å². The molecule has 1 N–H and O–H groups in total. The summed E-state index contributed by atoms with van der Waals surface area (Å²) in [4.78, 5) is 15.7. The lowest BCUT2D eigenvalue weighted by molar-refractivity contribution is -0.125. The normalized spacial score (nSPS) is 9.31. The fourth-order valence-corrected chi connectivity index (χ4v) is 0.925. The van der Waals surface area contributed by atoms with Crippen LogP contribution in [0.1, 0.15) is 5.56 Å². The molecule has 0 saturated heterocycles. The topological polar surface area (TPSA) is 38.3 Å². The Balaban J connectivity index is 2.74. The second-order valence-electron chi connectivity index (χ2n) is 2.48. The zero-order chi connectivity index (χ0) is 9.68. The van der Waals surface area contributed by atoms with E-state index in [4.69, 9.17) is 0 Å². The Morgan fingerprint density at radius 2 is 2.00 bits per heavy atom. The molecular formula is C10H11NO2. The van der Waals surface area contributed by atoms with Gasteiger partial charge in [0.25, 0.3) is 5.91 Å². The van der Waals surface area contributed by atoms with Gasteiger partial charge in [-0.15, -0.1) is 0 Å². The summed E-state index contributed by atoms with van der Waals surface area (Å²) >= 11 is 0. The smallest absolute Gasteiger partial charge is 0.274 e. The van der Waals surface area contributed by atoms with Crippen molar-refractivity contribution in [1.82, 2.24) is 5.48 Å². The molecule has 0 saturated carbocycles. The van der Waals surface area contributed by atoms with Crippen molar-refractivity contribution in [3.63, 3.8) is 0 Å². The number of hydrogen-bond donors (Lipinski definition) is 1. The van der Waals surface area contributed by atoms with Crippen LogP contribution in [0.3, 0.4) is 0 Å². The van der Waals surface area contributed by atoms with Crippen LogP contribution >= 0.6 is 0 Å². The first-order valence-electron chi connectivity index (χ1n) is 3.83. The van der Waals surface area contributed by atoms with Gasteiger partial charge in [0.1, 0.15) is 0 Å². The van der Waals surface area contributed by atoms with Gasteiger partial charge < -0.3 is 0 Å². The average molecular weight is 177 g/mol. The van der Waals surface area contributed by atoms with Gasteiger partial charge in [0, 0.05) is 5.57 Å². The zero-order valence-electron chi connectivity index (χ0n) is 7.41. The first-order chi connectivity index (χ1) is 6.25. The van der Waals surface area contributed by atoms with E-state index in [1.54, 1.807) is 0 Å². The quantitative estimate of drug-likeness (QED) is 0.559. The summed E-state index contributed by atoms with van der Waals surface area (Å²) in [6, 6.07) is 9.21. The summed E-state index contributed by atoms with van der Waals surface area (Å²) in [6.07, 6.45) is 0. The molecule has 0 aliphatic carbocycles. The van der Waals surface area contributed by atoms with Crippen LogP contribution in [-0.4, -0.2) is 13.0 Å². The van der Waals surface area contributed by atoms with E-state index in [0.717, 1.165) is 5.56 Å². The van der Waals surface area contributed by atoms with Gasteiger partial charge in [0.15, 0.2) is 0 Å². The van der Waals surface area contributed by atoms with Crippen molar-refractivity contribution < 1.29 is 9.63 Å². The molecule has 0 atom stereocenters. The first-order valence-corrected chi connectivity index (χ1v) is 3.83. The summed E-state index contributed by atoms with van der Waals surface area (Å²) in [6.45, 7) is 3.65. The molecule has 0 aliphatic heterocycles. The van der Waals surface area contributed by atoms with Gasteiger partial charge in [-0.3, -0.25) is 9.63 Å². The lowest BCUT2D eigenvalue weighted by Crippen LogP contribution is -2.22. The van der Waals surface area contributed by atoms with E-state index < -0.39 is 0 Å². The van der Waals surface area contributed by atoms with Crippen molar-refractivity contribution in [3.8, 4) is 0 Å². The summed E-state index contributed by atoms with van der Waals surface area (Å²) in [7, 11) is 1.39. The van der Waals surface area contributed by atoms with Crippen LogP contribution in [0.5, 0.6) is 0 Å². The van der Waals surface area contributed by atoms with Crippen LogP contribution in [0.15, 0.2) is 36.9 Å². The second kappa shape index (κ2) is 4.42. The fraction of sp³-hybridized carbons (Fsp3) is 0.100. The lowest BCUT2D eigenvalue weighted by Gasteiger charge is -2.04. The molecule has 13 heavy (non-hydrogen) atoms. The number of amides is 1. The van der Waals surface area contributed by atoms with Crippen LogP contribution in [-0.2, 0) is 9.63 Å². The first kappa shape index (κ1) is 9.48. The Morgan fingerprint density at radius 3 is 2.54 bits per heavy atom. The number of nitrogens with one attached hydrogen (secondary N) is 1. The number of benzene rings is 1. The molecule has 3 heteroatoms. The Bertz CT molecular complexity index is 306. The third-order valence-electron chi connectivity index (χ3n) is 1.59. The Hall–Kier alpha value is -1.61. The minimum atomic E-state index is -0.325. The molecule has 1 rings (SSSR count). The third kappa shape index (κ3) is 2.42. The van der Waals surface area contributed by atoms with E-state index in [0.29, 0.717) is 5.57 Å². The van der Waals surface area contributed by atoms with Crippen molar-refractivity contribution in [3.05, 3.63) is 42.5 Å². The molecular weight excluding hydrogens is 166 g/mol. The molecule has 0 spiro atoms. The van der Waals surface area contributed by atoms with Gasteiger partial charge >= 0.3 is 0 Å². The summed E-state index contributed by atoms with van der Waals surface area (Å²) in [5, 5.41) is 0. The number of carbonyl (C=O) groups excluding carboxylic acids is 1. The summed E-state index contributed by atoms with van der Waals surface area (Å²) < 4.78 is 0. The highest BCUT2D eigenvalue weighted by atomic mass is 16.6. The average Bonchev–Trinajstić information content (AvgIpc) is 2.18. The van der Waals surface area contributed by atoms with Crippen LogP contribution < -0.4 is 5.48 Å². The predicted molar refractivity (Wildman–Crippen MR) is 50.6 cm³/mol. The van der Waals surface area contributed by atoms with Gasteiger partial charge in [-0.1, -0.05) is 36.9 Å². The SMILES string of the molecule is C=C(C(=O)NOC)c1ccccc1. The molecule has 0 fully saturated rings. The van der Waals surface area contributed by atoms with Gasteiger partial charge in [-0.05, 0) is 5.56 Å². The van der Waals surface area contributed by atoms with Gasteiger partial charge in [0.2, 0.25) is 0 Å². The maximum Gasteiger partial charge on any atom is 0.274 e. The Kier molecular flexibility index (Phi) is 3.23. The Morgan fingerprint density at radius 1 is 1.38 bits per heavy atom. The molecule has 1 aromatic carbocycles. The van der Waals surface area contributed by atoms with Crippen molar-refractivity contribution >= 4 is 11.5 Å². The van der Waals surface area contributed by atoms with E-state index in [9.17, 15) is 4.79 Å². The van der Waals surface area contributed by atoms with Crippen molar-refractivity contribution in [2.75, 3.05) is 7.11 Å². The molecule has 0 unspecified atom stereocenters. The van der Waals surface area contributed by atoms with E-state index in [-0.39, 0.29) is 5.91 Å². The van der Waals surface area contributed by atoms with Crippen LogP contribution in [0.4, 0.5) is 0 Å². The van der Waals surface area contributed by atoms with Crippen molar-refractivity contribution in [2.45, 2.75) is 0 Å². The fourth-order valence-electron chi connectivity index (χ4n) is 0.925. The van der Waals surface area contributed by atoms with E-state index in [1.807, 2.05) is 30.3 Å². The number of hydrogen-bond acceptors (Lipinski definition) is 2. The number of hydroxylamine groups is 1. The van der Waals surface area contributed by atoms with Crippen LogP contribution in [0.25, 0.3) is 5.57 Å². The summed E-state index contributed by atoms with van der Waals surface area (Å²) in [5.74, 6) is -0.325. The molecule has 1 aromatic rings. The highest BCUT2D eigenvalue weighted by Gasteiger charge is 2.07. The van der Waals surface area contributed by atoms with Gasteiger partial charge in [0.05, 0.1) is 7.11 Å². The summed E-state index contributed by atoms with van der Waals surface area (Å²) in [5.41, 5.74) is 3.39. The van der Waals surface area contributed by atoms with E-state index in [2.05, 4.69) is 16.9 Å². The molecule has 0 aromatic heterocycles. The molecule has 0 aliphatic rings. The third-order valence-corrected chi connectivity index (χ3v) is 1.59. The molecule has 1 amide bonds. The zero-order valence-corrected chi connectivity index (χ0v) is 7.41. The van der Waals surface area contributed by atoms with Gasteiger partial charge in [-0.2, -0.15) is 0 Å². The number of rotatable bonds is 3.